The number of phenols is 1. The highest BCUT2D eigenvalue weighted by atomic mass is 16.5. The van der Waals surface area contributed by atoms with Gasteiger partial charge in [-0.3, -0.25) is 9.80 Å². The minimum Gasteiger partial charge on any atom is -0.504 e. The zero-order valence-corrected chi connectivity index (χ0v) is 29.0. The highest BCUT2D eigenvalue weighted by Gasteiger charge is 2.31. The lowest BCUT2D eigenvalue weighted by atomic mass is 9.88. The van der Waals surface area contributed by atoms with Crippen LogP contribution in [0.1, 0.15) is 45.5 Å². The van der Waals surface area contributed by atoms with E-state index in [9.17, 15) is 5.11 Å². The van der Waals surface area contributed by atoms with Crippen molar-refractivity contribution in [1.29, 1.82) is 0 Å². The van der Waals surface area contributed by atoms with Crippen LogP contribution in [-0.2, 0) is 25.7 Å². The van der Waals surface area contributed by atoms with Crippen LogP contribution in [-0.4, -0.2) is 77.6 Å². The second kappa shape index (κ2) is 14.3. The van der Waals surface area contributed by atoms with Gasteiger partial charge in [-0.15, -0.1) is 0 Å². The summed E-state index contributed by atoms with van der Waals surface area (Å²) in [5.41, 5.74) is 6.84. The Morgan fingerprint density at radius 2 is 1.19 bits per heavy atom. The van der Waals surface area contributed by atoms with E-state index in [2.05, 4.69) is 60.3 Å². The van der Waals surface area contributed by atoms with E-state index < -0.39 is 0 Å². The maximum atomic E-state index is 11.0. The molecule has 0 aliphatic carbocycles. The van der Waals surface area contributed by atoms with Crippen molar-refractivity contribution < 1.29 is 33.5 Å². The number of phenolic OH excluding ortho intramolecular Hbond substituents is 1. The SMILES string of the molecule is COc1cc2c(cc1OC)[C@H](Cc1ccc(OC)c(Oc3ccc(C[C@H]4c5cc(OC)c(OC)c(O)c5CCN4C)cc3)c1)N(C)CC2. The molecule has 254 valence electrons. The van der Waals surface area contributed by atoms with Gasteiger partial charge in [0.2, 0.25) is 5.75 Å². The van der Waals surface area contributed by atoms with E-state index in [1.165, 1.54) is 11.1 Å². The standard InChI is InChI=1S/C39H46N2O7/c1-40-16-14-26-21-34(44-4)35(45-5)22-29(26)31(40)19-25-10-13-33(43-3)36(20-25)48-27-11-8-24(9-12-27)18-32-30-23-37(46-6)39(47-7)38(42)28(30)15-17-41(32)2/h8-13,20-23,31-32,42H,14-19H2,1-7H3/t31-,32-/m0/s1. The number of aromatic hydroxyl groups is 1. The van der Waals surface area contributed by atoms with E-state index in [1.54, 1.807) is 35.5 Å². The molecule has 6 rings (SSSR count). The van der Waals surface area contributed by atoms with Crippen LogP contribution in [0.2, 0.25) is 0 Å². The highest BCUT2D eigenvalue weighted by molar-refractivity contribution is 5.60. The van der Waals surface area contributed by atoms with Crippen LogP contribution < -0.4 is 28.4 Å². The summed E-state index contributed by atoms with van der Waals surface area (Å²) >= 11 is 0. The van der Waals surface area contributed by atoms with Crippen LogP contribution in [0, 0.1) is 0 Å². The average molecular weight is 655 g/mol. The molecular formula is C39H46N2O7. The Kier molecular flexibility index (Phi) is 9.89. The van der Waals surface area contributed by atoms with Gasteiger partial charge in [0, 0.05) is 30.7 Å². The second-order valence-electron chi connectivity index (χ2n) is 12.6. The first kappa shape index (κ1) is 33.3. The molecule has 4 aromatic carbocycles. The molecule has 2 aliphatic rings. The van der Waals surface area contributed by atoms with Crippen molar-refractivity contribution in [2.45, 2.75) is 37.8 Å². The molecule has 4 aromatic rings. The fourth-order valence-corrected chi connectivity index (χ4v) is 7.15. The normalized spacial score (nSPS) is 17.6. The first-order valence-corrected chi connectivity index (χ1v) is 16.3. The van der Waals surface area contributed by atoms with Crippen LogP contribution in [0.3, 0.4) is 0 Å². The molecule has 0 fully saturated rings. The van der Waals surface area contributed by atoms with Crippen molar-refractivity contribution in [3.63, 3.8) is 0 Å². The molecule has 48 heavy (non-hydrogen) atoms. The number of ether oxygens (including phenoxy) is 6. The average Bonchev–Trinajstić information content (AvgIpc) is 3.10. The Labute approximate surface area is 283 Å². The van der Waals surface area contributed by atoms with E-state index in [4.69, 9.17) is 28.4 Å². The summed E-state index contributed by atoms with van der Waals surface area (Å²) in [4.78, 5) is 4.72. The van der Waals surface area contributed by atoms with Crippen LogP contribution >= 0.6 is 0 Å². The first-order valence-electron chi connectivity index (χ1n) is 16.3. The molecule has 0 saturated carbocycles. The van der Waals surface area contributed by atoms with Crippen LogP contribution in [0.25, 0.3) is 0 Å². The Balaban J connectivity index is 1.21. The number of methoxy groups -OCH3 is 5. The summed E-state index contributed by atoms with van der Waals surface area (Å²) < 4.78 is 34.4. The molecule has 9 nitrogen and oxygen atoms in total. The van der Waals surface area contributed by atoms with Gasteiger partial charge in [-0.2, -0.15) is 0 Å². The molecule has 0 amide bonds. The zero-order valence-electron chi connectivity index (χ0n) is 29.0. The maximum absolute atomic E-state index is 11.0. The van der Waals surface area contributed by atoms with Gasteiger partial charge in [-0.1, -0.05) is 18.2 Å². The zero-order chi connectivity index (χ0) is 33.9. The quantitative estimate of drug-likeness (QED) is 0.188. The first-order chi connectivity index (χ1) is 23.3. The summed E-state index contributed by atoms with van der Waals surface area (Å²) in [5.74, 6) is 4.68. The van der Waals surface area contributed by atoms with Gasteiger partial charge >= 0.3 is 0 Å². The Morgan fingerprint density at radius 3 is 1.85 bits per heavy atom. The van der Waals surface area contributed by atoms with Crippen LogP contribution in [0.5, 0.6) is 46.0 Å². The molecule has 2 heterocycles. The minimum atomic E-state index is 0.0760. The lowest BCUT2D eigenvalue weighted by Gasteiger charge is -2.35. The van der Waals surface area contributed by atoms with Gasteiger partial charge in [0.15, 0.2) is 34.5 Å². The molecule has 1 N–H and O–H groups in total. The number of likely N-dealkylation sites (N-methyl/N-ethyl adjacent to an activating group) is 2. The summed E-state index contributed by atoms with van der Waals surface area (Å²) in [6.07, 6.45) is 3.28. The summed E-state index contributed by atoms with van der Waals surface area (Å²) in [6, 6.07) is 20.9. The number of hydrogen-bond donors (Lipinski definition) is 1. The van der Waals surface area contributed by atoms with Crippen molar-refractivity contribution in [3.8, 4) is 46.0 Å². The molecule has 0 spiro atoms. The second-order valence-corrected chi connectivity index (χ2v) is 12.6. The summed E-state index contributed by atoms with van der Waals surface area (Å²) in [6.45, 7) is 1.80. The largest absolute Gasteiger partial charge is 0.504 e. The Morgan fingerprint density at radius 1 is 0.604 bits per heavy atom. The number of hydrogen-bond acceptors (Lipinski definition) is 9. The number of rotatable bonds is 11. The van der Waals surface area contributed by atoms with E-state index in [0.29, 0.717) is 23.0 Å². The van der Waals surface area contributed by atoms with Gasteiger partial charge in [0.1, 0.15) is 5.75 Å². The molecule has 0 bridgehead atoms. The highest BCUT2D eigenvalue weighted by Crippen LogP contribution is 2.46. The summed E-state index contributed by atoms with van der Waals surface area (Å²) in [5, 5.41) is 11.0. The van der Waals surface area contributed by atoms with Gasteiger partial charge in [-0.05, 0) is 110 Å². The van der Waals surface area contributed by atoms with Crippen molar-refractivity contribution in [2.24, 2.45) is 0 Å². The molecular weight excluding hydrogens is 608 g/mol. The molecule has 2 aliphatic heterocycles. The van der Waals surface area contributed by atoms with Gasteiger partial charge in [0.05, 0.1) is 35.5 Å². The van der Waals surface area contributed by atoms with E-state index in [-0.39, 0.29) is 17.8 Å². The van der Waals surface area contributed by atoms with E-state index >= 15 is 0 Å². The van der Waals surface area contributed by atoms with E-state index in [1.807, 2.05) is 24.3 Å². The Hall–Kier alpha value is -4.60. The van der Waals surface area contributed by atoms with Crippen LogP contribution in [0.4, 0.5) is 0 Å². The smallest absolute Gasteiger partial charge is 0.203 e. The maximum Gasteiger partial charge on any atom is 0.203 e. The molecule has 0 unspecified atom stereocenters. The van der Waals surface area contributed by atoms with Crippen molar-refractivity contribution in [1.82, 2.24) is 9.80 Å². The third-order valence-electron chi connectivity index (χ3n) is 9.90. The van der Waals surface area contributed by atoms with E-state index in [0.717, 1.165) is 78.3 Å². The van der Waals surface area contributed by atoms with Gasteiger partial charge in [-0.25, -0.2) is 0 Å². The topological polar surface area (TPSA) is 82.1 Å². The number of benzene rings is 4. The monoisotopic (exact) mass is 654 g/mol. The predicted molar refractivity (Wildman–Crippen MR) is 186 cm³/mol. The molecule has 0 saturated heterocycles. The van der Waals surface area contributed by atoms with Crippen molar-refractivity contribution in [3.05, 3.63) is 94.0 Å². The minimum absolute atomic E-state index is 0.0760. The molecule has 0 aromatic heterocycles. The third kappa shape index (κ3) is 6.44. The van der Waals surface area contributed by atoms with Crippen LogP contribution in [0.15, 0.2) is 60.7 Å². The van der Waals surface area contributed by atoms with Gasteiger partial charge in [0.25, 0.3) is 0 Å². The third-order valence-corrected chi connectivity index (χ3v) is 9.90. The lowest BCUT2D eigenvalue weighted by Crippen LogP contribution is -2.33. The van der Waals surface area contributed by atoms with Gasteiger partial charge < -0.3 is 33.5 Å². The van der Waals surface area contributed by atoms with Crippen molar-refractivity contribution in [2.75, 3.05) is 62.7 Å². The summed E-state index contributed by atoms with van der Waals surface area (Å²) in [7, 11) is 12.5. The number of nitrogens with zero attached hydrogens (tertiary/aromatic N) is 2. The predicted octanol–water partition coefficient (Wildman–Crippen LogP) is 6.77. The lowest BCUT2D eigenvalue weighted by molar-refractivity contribution is 0.224. The number of fused-ring (bicyclic) bond motifs is 2. The fraction of sp³-hybridized carbons (Fsp3) is 0.385. The molecule has 9 heteroatoms. The van der Waals surface area contributed by atoms with Crippen molar-refractivity contribution >= 4 is 0 Å². The fourth-order valence-electron chi connectivity index (χ4n) is 7.15. The molecule has 0 radical (unpaired) electrons. The molecule has 2 atom stereocenters. The Bertz CT molecular complexity index is 1760.